The Balaban J connectivity index is 2.10. The minimum atomic E-state index is -0.713. The van der Waals surface area contributed by atoms with Crippen LogP contribution in [0, 0.1) is 11.8 Å². The summed E-state index contributed by atoms with van der Waals surface area (Å²) in [6.45, 7) is -0.0951. The highest BCUT2D eigenvalue weighted by Crippen LogP contribution is 2.35. The van der Waals surface area contributed by atoms with Crippen molar-refractivity contribution < 1.29 is 13.6 Å². The first-order valence-electron chi connectivity index (χ1n) is 5.91. The smallest absolute Gasteiger partial charge is 0.332 e. The van der Waals surface area contributed by atoms with E-state index >= 15 is 0 Å². The summed E-state index contributed by atoms with van der Waals surface area (Å²) in [5.74, 6) is -1.40. The van der Waals surface area contributed by atoms with Crippen LogP contribution >= 0.6 is 36.0 Å². The molecule has 0 saturated heterocycles. The van der Waals surface area contributed by atoms with Crippen LogP contribution in [0.25, 0.3) is 0 Å². The predicted octanol–water partition coefficient (Wildman–Crippen LogP) is 4.23. The molecule has 4 nitrogen and oxygen atoms in total. The number of hydrogen-bond donors (Lipinski definition) is 2. The third-order valence-electron chi connectivity index (χ3n) is 2.70. The lowest BCUT2D eigenvalue weighted by Crippen LogP contribution is -2.34. The number of benzene rings is 1. The Labute approximate surface area is 140 Å². The molecule has 0 unspecified atom stereocenters. The van der Waals surface area contributed by atoms with Gasteiger partial charge in [-0.15, -0.1) is 0 Å². The zero-order chi connectivity index (χ0) is 16.3. The number of carbonyl (C=O) groups excluding carboxylic acids is 1. The summed E-state index contributed by atoms with van der Waals surface area (Å²) >= 11 is 15.5. The molecule has 1 heterocycles. The Morgan fingerprint density at radius 2 is 2.00 bits per heavy atom. The fourth-order valence-corrected chi connectivity index (χ4v) is 2.28. The van der Waals surface area contributed by atoms with E-state index in [9.17, 15) is 13.6 Å². The van der Waals surface area contributed by atoms with Crippen molar-refractivity contribution in [2.45, 2.75) is 6.54 Å². The number of pyridine rings is 1. The van der Waals surface area contributed by atoms with Crippen LogP contribution in [0.3, 0.4) is 0 Å². The van der Waals surface area contributed by atoms with Gasteiger partial charge >= 0.3 is 6.03 Å². The second kappa shape index (κ2) is 7.13. The largest absolute Gasteiger partial charge is 0.333 e. The van der Waals surface area contributed by atoms with Gasteiger partial charge in [0.05, 0.1) is 15.7 Å². The van der Waals surface area contributed by atoms with Crippen LogP contribution in [0.4, 0.5) is 19.3 Å². The average Bonchev–Trinajstić information content (AvgIpc) is 2.51. The van der Waals surface area contributed by atoms with Gasteiger partial charge in [0.1, 0.15) is 5.82 Å². The molecule has 0 atom stereocenters. The van der Waals surface area contributed by atoms with Crippen molar-refractivity contribution in [1.29, 1.82) is 0 Å². The summed E-state index contributed by atoms with van der Waals surface area (Å²) < 4.78 is 27.4. The second-order valence-corrected chi connectivity index (χ2v) is 5.27. The van der Waals surface area contributed by atoms with Gasteiger partial charge in [0.25, 0.3) is 0 Å². The number of rotatable bonds is 3. The molecule has 1 aromatic carbocycles. The molecule has 0 radical (unpaired) electrons. The summed E-state index contributed by atoms with van der Waals surface area (Å²) in [5.41, 5.74) is 0.307. The molecule has 116 valence electrons. The first kappa shape index (κ1) is 16.8. The molecule has 9 heteroatoms. The number of anilines is 1. The summed E-state index contributed by atoms with van der Waals surface area (Å²) in [7, 11) is 0. The average molecular weight is 364 g/mol. The first-order valence-corrected chi connectivity index (χ1v) is 7.07. The van der Waals surface area contributed by atoms with Crippen LogP contribution < -0.4 is 9.62 Å². The van der Waals surface area contributed by atoms with E-state index in [0.29, 0.717) is 0 Å². The highest BCUT2D eigenvalue weighted by Gasteiger charge is 2.19. The van der Waals surface area contributed by atoms with Gasteiger partial charge in [-0.3, -0.25) is 0 Å². The highest BCUT2D eigenvalue weighted by atomic mass is 35.5. The third kappa shape index (κ3) is 3.60. The SMILES string of the molecule is O=C(NCc1cccnc1F)N(S)c1ccc(F)c(Cl)c1Cl. The summed E-state index contributed by atoms with van der Waals surface area (Å²) in [4.78, 5) is 15.4. The number of nitrogens with one attached hydrogen (secondary N) is 1. The standard InChI is InChI=1S/C13H9Cl2F2N3OS/c14-10-8(16)3-4-9(11(10)15)20(22)13(21)19-6-7-2-1-5-18-12(7)17/h1-5,22H,6H2,(H,19,21). The number of amides is 2. The Morgan fingerprint density at radius 3 is 2.68 bits per heavy atom. The van der Waals surface area contributed by atoms with Crippen molar-refractivity contribution in [3.8, 4) is 0 Å². The van der Waals surface area contributed by atoms with E-state index in [1.54, 1.807) is 6.07 Å². The molecular formula is C13H9Cl2F2N3OS. The number of nitrogens with zero attached hydrogens (tertiary/aromatic N) is 2. The monoisotopic (exact) mass is 363 g/mol. The molecule has 0 bridgehead atoms. The van der Waals surface area contributed by atoms with Crippen molar-refractivity contribution in [1.82, 2.24) is 10.3 Å². The van der Waals surface area contributed by atoms with Crippen molar-refractivity contribution >= 4 is 47.7 Å². The number of hydrogen-bond acceptors (Lipinski definition) is 3. The van der Waals surface area contributed by atoms with Crippen LogP contribution in [-0.2, 0) is 6.54 Å². The Hall–Kier alpha value is -1.57. The van der Waals surface area contributed by atoms with Crippen LogP contribution in [0.2, 0.25) is 10.0 Å². The predicted molar refractivity (Wildman–Crippen MR) is 84.3 cm³/mol. The molecule has 0 spiro atoms. The van der Waals surface area contributed by atoms with E-state index in [1.807, 2.05) is 0 Å². The van der Waals surface area contributed by atoms with E-state index < -0.39 is 17.8 Å². The molecule has 1 N–H and O–H groups in total. The molecular weight excluding hydrogens is 355 g/mol. The molecule has 0 saturated carbocycles. The summed E-state index contributed by atoms with van der Waals surface area (Å²) in [6.07, 6.45) is 1.30. The minimum absolute atomic E-state index is 0.0951. The molecule has 0 fully saturated rings. The number of carbonyl (C=O) groups is 1. The van der Waals surface area contributed by atoms with E-state index in [2.05, 4.69) is 23.1 Å². The summed E-state index contributed by atoms with van der Waals surface area (Å²) in [5, 5.41) is 1.97. The van der Waals surface area contributed by atoms with Crippen molar-refractivity contribution in [3.05, 3.63) is 57.8 Å². The topological polar surface area (TPSA) is 45.2 Å². The molecule has 0 aliphatic carbocycles. The van der Waals surface area contributed by atoms with Crippen LogP contribution in [-0.4, -0.2) is 11.0 Å². The Bertz CT molecular complexity index is 718. The fraction of sp³-hybridized carbons (Fsp3) is 0.0769. The van der Waals surface area contributed by atoms with Crippen LogP contribution in [0.15, 0.2) is 30.5 Å². The first-order chi connectivity index (χ1) is 10.4. The Morgan fingerprint density at radius 1 is 1.27 bits per heavy atom. The van der Waals surface area contributed by atoms with Gasteiger partial charge in [0.15, 0.2) is 0 Å². The van der Waals surface area contributed by atoms with Crippen molar-refractivity contribution in [3.63, 3.8) is 0 Å². The van der Waals surface area contributed by atoms with Gasteiger partial charge < -0.3 is 5.32 Å². The third-order valence-corrected chi connectivity index (χ3v) is 3.95. The Kier molecular flexibility index (Phi) is 5.44. The minimum Gasteiger partial charge on any atom is -0.333 e. The van der Waals surface area contributed by atoms with Crippen molar-refractivity contribution in [2.24, 2.45) is 0 Å². The van der Waals surface area contributed by atoms with Gasteiger partial charge in [-0.25, -0.2) is 18.5 Å². The van der Waals surface area contributed by atoms with Gasteiger partial charge in [0.2, 0.25) is 5.95 Å². The zero-order valence-electron chi connectivity index (χ0n) is 10.9. The molecule has 22 heavy (non-hydrogen) atoms. The maximum absolute atomic E-state index is 13.4. The quantitative estimate of drug-likeness (QED) is 0.487. The van der Waals surface area contributed by atoms with Gasteiger partial charge in [-0.2, -0.15) is 4.39 Å². The lowest BCUT2D eigenvalue weighted by Gasteiger charge is -2.18. The molecule has 1 aromatic heterocycles. The van der Waals surface area contributed by atoms with E-state index in [1.165, 1.54) is 18.3 Å². The number of aromatic nitrogens is 1. The van der Waals surface area contributed by atoms with Crippen molar-refractivity contribution in [2.75, 3.05) is 4.31 Å². The lowest BCUT2D eigenvalue weighted by molar-refractivity contribution is 0.249. The summed E-state index contributed by atoms with van der Waals surface area (Å²) in [6, 6.07) is 4.64. The van der Waals surface area contributed by atoms with E-state index in [-0.39, 0.29) is 27.8 Å². The molecule has 0 aliphatic heterocycles. The maximum atomic E-state index is 13.4. The number of urea groups is 1. The van der Waals surface area contributed by atoms with Gasteiger partial charge in [0, 0.05) is 18.3 Å². The lowest BCUT2D eigenvalue weighted by atomic mass is 10.3. The maximum Gasteiger partial charge on any atom is 0.332 e. The number of thiol groups is 1. The van der Waals surface area contributed by atoms with Crippen LogP contribution in [0.5, 0.6) is 0 Å². The van der Waals surface area contributed by atoms with E-state index in [0.717, 1.165) is 10.4 Å². The molecule has 2 aromatic rings. The van der Waals surface area contributed by atoms with Gasteiger partial charge in [-0.05, 0) is 18.2 Å². The molecule has 0 aliphatic rings. The zero-order valence-corrected chi connectivity index (χ0v) is 13.3. The fourth-order valence-electron chi connectivity index (χ4n) is 1.59. The second-order valence-electron chi connectivity index (χ2n) is 4.12. The molecule has 2 amide bonds. The highest BCUT2D eigenvalue weighted by molar-refractivity contribution is 7.82. The van der Waals surface area contributed by atoms with Gasteiger partial charge in [-0.1, -0.05) is 42.1 Å². The number of halogens is 4. The van der Waals surface area contributed by atoms with E-state index in [4.69, 9.17) is 23.2 Å². The normalized spacial score (nSPS) is 10.4. The molecule has 2 rings (SSSR count). The van der Waals surface area contributed by atoms with Crippen LogP contribution in [0.1, 0.15) is 5.56 Å².